The Balaban J connectivity index is 1.70. The van der Waals surface area contributed by atoms with Crippen LogP contribution in [0.4, 0.5) is 4.39 Å². The highest BCUT2D eigenvalue weighted by Crippen LogP contribution is 2.29. The van der Waals surface area contributed by atoms with Crippen molar-refractivity contribution in [2.24, 2.45) is 0 Å². The number of hydrogen-bond acceptors (Lipinski definition) is 3. The predicted octanol–water partition coefficient (Wildman–Crippen LogP) is 3.67. The first kappa shape index (κ1) is 16.0. The molecular weight excluding hydrogens is 317 g/mol. The molecule has 4 rings (SSSR count). The summed E-state index contributed by atoms with van der Waals surface area (Å²) in [7, 11) is 0. The van der Waals surface area contributed by atoms with E-state index in [9.17, 15) is 9.18 Å². The van der Waals surface area contributed by atoms with Crippen LogP contribution in [-0.4, -0.2) is 9.55 Å². The van der Waals surface area contributed by atoms with Crippen molar-refractivity contribution in [3.05, 3.63) is 76.1 Å². The van der Waals surface area contributed by atoms with Gasteiger partial charge in [0, 0.05) is 18.8 Å². The lowest BCUT2D eigenvalue weighted by Crippen LogP contribution is -2.32. The fraction of sp³-hybridized carbons (Fsp3) is 0.300. The molecule has 0 radical (unpaired) electrons. The maximum Gasteiger partial charge on any atom is 0.224 e. The number of nitrogens with zero attached hydrogens (tertiary/aromatic N) is 2. The van der Waals surface area contributed by atoms with E-state index in [0.29, 0.717) is 11.3 Å². The second-order valence-corrected chi connectivity index (χ2v) is 6.60. The molecule has 1 aliphatic carbocycles. The van der Waals surface area contributed by atoms with Gasteiger partial charge < -0.3 is 9.88 Å². The Morgan fingerprint density at radius 1 is 1.24 bits per heavy atom. The summed E-state index contributed by atoms with van der Waals surface area (Å²) in [6.07, 6.45) is 3.73. The van der Waals surface area contributed by atoms with Crippen molar-refractivity contribution >= 4 is 0 Å². The molecule has 1 aromatic rings. The second kappa shape index (κ2) is 6.41. The maximum absolute atomic E-state index is 13.6. The smallest absolute Gasteiger partial charge is 0.224 e. The van der Waals surface area contributed by atoms with Crippen LogP contribution < -0.4 is 10.7 Å². The molecule has 0 saturated carbocycles. The Morgan fingerprint density at radius 3 is 2.84 bits per heavy atom. The molecule has 2 aliphatic heterocycles. The van der Waals surface area contributed by atoms with Crippen molar-refractivity contribution in [2.75, 3.05) is 0 Å². The average molecular weight is 337 g/mol. The van der Waals surface area contributed by atoms with Crippen molar-refractivity contribution in [3.8, 4) is 11.3 Å². The summed E-state index contributed by atoms with van der Waals surface area (Å²) in [5, 5.41) is 3.65. The Hall–Kier alpha value is -2.53. The highest BCUT2D eigenvalue weighted by atomic mass is 19.1. The molecule has 1 N–H and O–H groups in total. The number of hydrogen-bond donors (Lipinski definition) is 1. The number of fused-ring (bicyclic) bond motifs is 2. The van der Waals surface area contributed by atoms with Crippen molar-refractivity contribution in [2.45, 2.75) is 38.4 Å². The lowest BCUT2D eigenvalue weighted by atomic mass is 10.0. The van der Waals surface area contributed by atoms with Crippen LogP contribution in [0.2, 0.25) is 0 Å². The van der Waals surface area contributed by atoms with Crippen LogP contribution in [0.1, 0.15) is 43.2 Å². The number of rotatable bonds is 3. The zero-order valence-electron chi connectivity index (χ0n) is 14.1. The zero-order valence-corrected chi connectivity index (χ0v) is 14.1. The summed E-state index contributed by atoms with van der Waals surface area (Å²) in [5.74, 6) is 0.186. The van der Waals surface area contributed by atoms with Crippen LogP contribution in [-0.2, 0) is 6.54 Å². The maximum atomic E-state index is 13.6. The Labute approximate surface area is 145 Å². The first-order valence-corrected chi connectivity index (χ1v) is 8.64. The molecule has 0 aromatic heterocycles. The lowest BCUT2D eigenvalue weighted by molar-refractivity contribution is 0.352. The van der Waals surface area contributed by atoms with Gasteiger partial charge >= 0.3 is 0 Å². The number of benzene rings is 2. The van der Waals surface area contributed by atoms with Crippen LogP contribution in [0, 0.1) is 5.82 Å². The van der Waals surface area contributed by atoms with Gasteiger partial charge in [0.25, 0.3) is 0 Å². The topological polar surface area (TPSA) is 46.9 Å². The predicted molar refractivity (Wildman–Crippen MR) is 95.0 cm³/mol. The summed E-state index contributed by atoms with van der Waals surface area (Å²) in [6, 6.07) is 13.4. The molecule has 1 aromatic carbocycles. The molecule has 4 nitrogen and oxygen atoms in total. The molecule has 3 aliphatic rings. The highest BCUT2D eigenvalue weighted by molar-refractivity contribution is 5.59. The third-order valence-corrected chi connectivity index (χ3v) is 4.89. The molecule has 5 heteroatoms. The average Bonchev–Trinajstić information content (AvgIpc) is 2.65. The van der Waals surface area contributed by atoms with Gasteiger partial charge in [-0.25, -0.2) is 9.37 Å². The van der Waals surface area contributed by atoms with Crippen LogP contribution in [0.5, 0.6) is 0 Å². The van der Waals surface area contributed by atoms with Crippen molar-refractivity contribution in [1.82, 2.24) is 14.9 Å². The zero-order chi connectivity index (χ0) is 17.4. The molecule has 25 heavy (non-hydrogen) atoms. The van der Waals surface area contributed by atoms with Crippen molar-refractivity contribution in [1.29, 1.82) is 0 Å². The van der Waals surface area contributed by atoms with Crippen LogP contribution in [0.3, 0.4) is 0 Å². The summed E-state index contributed by atoms with van der Waals surface area (Å²) < 4.78 is 15.5. The fourth-order valence-electron chi connectivity index (χ4n) is 3.54. The van der Waals surface area contributed by atoms with Gasteiger partial charge in [-0.3, -0.25) is 4.79 Å². The third-order valence-electron chi connectivity index (χ3n) is 4.89. The van der Waals surface area contributed by atoms with E-state index in [4.69, 9.17) is 0 Å². The monoisotopic (exact) mass is 337 g/mol. The first-order chi connectivity index (χ1) is 12.1. The molecule has 2 heterocycles. The number of halogens is 1. The third kappa shape index (κ3) is 2.96. The summed E-state index contributed by atoms with van der Waals surface area (Å²) in [6.45, 7) is 2.94. The van der Waals surface area contributed by atoms with Gasteiger partial charge in [0.1, 0.15) is 5.82 Å². The van der Waals surface area contributed by atoms with E-state index in [1.165, 1.54) is 11.6 Å². The van der Waals surface area contributed by atoms with Gasteiger partial charge in [-0.05, 0) is 37.5 Å². The van der Waals surface area contributed by atoms with Crippen LogP contribution in [0.15, 0.2) is 53.5 Å². The van der Waals surface area contributed by atoms with Crippen LogP contribution in [0.25, 0.3) is 11.3 Å². The van der Waals surface area contributed by atoms with E-state index in [2.05, 4.69) is 29.4 Å². The van der Waals surface area contributed by atoms with Crippen LogP contribution >= 0.6 is 0 Å². The molecule has 128 valence electrons. The number of nitrogens with one attached hydrogen (secondary N) is 1. The Morgan fingerprint density at radius 2 is 2.04 bits per heavy atom. The Kier molecular flexibility index (Phi) is 4.09. The standard InChI is InChI=1S/C20H20FN3O/c1-13(14-6-3-2-4-7-14)22-18-8-5-11-24-12-15-17(23-20(18)24)10-9-16(21)19(15)25/h2-4,6-7,9-10,12-13,18,22H,5,8,11H2,1H3. The normalized spacial score (nSPS) is 18.1. The van der Waals surface area contributed by atoms with Crippen molar-refractivity contribution < 1.29 is 4.39 Å². The molecule has 2 atom stereocenters. The minimum absolute atomic E-state index is 0.105. The quantitative estimate of drug-likeness (QED) is 0.793. The minimum atomic E-state index is -0.724. The summed E-state index contributed by atoms with van der Waals surface area (Å²) in [5.41, 5.74) is 1.55. The lowest BCUT2D eigenvalue weighted by Gasteiger charge is -2.30. The van der Waals surface area contributed by atoms with E-state index < -0.39 is 11.2 Å². The van der Waals surface area contributed by atoms with Gasteiger partial charge in [-0.1, -0.05) is 30.3 Å². The number of aryl methyl sites for hydroxylation is 1. The highest BCUT2D eigenvalue weighted by Gasteiger charge is 2.25. The van der Waals surface area contributed by atoms with Gasteiger partial charge in [-0.2, -0.15) is 0 Å². The largest absolute Gasteiger partial charge is 0.334 e. The first-order valence-electron chi connectivity index (χ1n) is 8.64. The molecule has 0 amide bonds. The SMILES string of the molecule is CC(NC1CCCn2cc3c(=O)c(F)ccc-3nc21)c1ccccc1. The molecule has 0 spiro atoms. The van der Waals surface area contributed by atoms with E-state index in [0.717, 1.165) is 25.2 Å². The molecule has 0 saturated heterocycles. The number of aromatic nitrogens is 2. The second-order valence-electron chi connectivity index (χ2n) is 6.60. The van der Waals surface area contributed by atoms with E-state index >= 15 is 0 Å². The molecule has 2 unspecified atom stereocenters. The van der Waals surface area contributed by atoms with E-state index in [1.807, 2.05) is 22.8 Å². The summed E-state index contributed by atoms with van der Waals surface area (Å²) in [4.78, 5) is 16.7. The minimum Gasteiger partial charge on any atom is -0.334 e. The Bertz CT molecular complexity index is 922. The van der Waals surface area contributed by atoms with Gasteiger partial charge in [0.2, 0.25) is 5.43 Å². The molecule has 0 fully saturated rings. The molecular formula is C20H20FN3O. The fourth-order valence-corrected chi connectivity index (χ4v) is 3.54. The molecule has 0 bridgehead atoms. The van der Waals surface area contributed by atoms with E-state index in [1.54, 1.807) is 12.3 Å². The van der Waals surface area contributed by atoms with Gasteiger partial charge in [0.15, 0.2) is 5.82 Å². The van der Waals surface area contributed by atoms with Gasteiger partial charge in [0.05, 0.1) is 17.3 Å². The van der Waals surface area contributed by atoms with Gasteiger partial charge in [-0.15, -0.1) is 0 Å². The summed E-state index contributed by atoms with van der Waals surface area (Å²) >= 11 is 0. The van der Waals surface area contributed by atoms with E-state index in [-0.39, 0.29) is 12.1 Å². The van der Waals surface area contributed by atoms with Crippen molar-refractivity contribution in [3.63, 3.8) is 0 Å².